The second-order valence-electron chi connectivity index (χ2n) is 7.68. The lowest BCUT2D eigenvalue weighted by Crippen LogP contribution is -2.16. The minimum atomic E-state index is -0.773. The van der Waals surface area contributed by atoms with Crippen molar-refractivity contribution < 1.29 is 28.1 Å². The molecule has 4 rings (SSSR count). The largest absolute Gasteiger partial charge is 0.496 e. The molecule has 0 saturated carbocycles. The monoisotopic (exact) mass is 526 g/mol. The Labute approximate surface area is 217 Å². The first-order chi connectivity index (χ1) is 17.9. The van der Waals surface area contributed by atoms with Crippen LogP contribution in [0.1, 0.15) is 10.4 Å². The number of rotatable bonds is 10. The molecule has 1 amide bonds. The fraction of sp³-hybridized carbons (Fsp3) is 0.192. The van der Waals surface area contributed by atoms with E-state index in [1.54, 1.807) is 24.3 Å². The predicted molar refractivity (Wildman–Crippen MR) is 138 cm³/mol. The maximum atomic E-state index is 15.1. The first-order valence-electron chi connectivity index (χ1n) is 11.2. The number of methoxy groups -OCH3 is 2. The minimum Gasteiger partial charge on any atom is -0.496 e. The Kier molecular flexibility index (Phi) is 8.22. The summed E-state index contributed by atoms with van der Waals surface area (Å²) in [6.07, 6.45) is 4.38. The van der Waals surface area contributed by atoms with Gasteiger partial charge in [-0.05, 0) is 31.3 Å². The molecule has 0 bridgehead atoms. The Morgan fingerprint density at radius 3 is 2.54 bits per heavy atom. The SMILES string of the molecule is CNCCOc1cc2nccc(Oc3c(F)cc(NC(=O)c4cnccc4OC)cc3Cl)c2cc1OC. The quantitative estimate of drug-likeness (QED) is 0.276. The third-order valence-electron chi connectivity index (χ3n) is 5.31. The van der Waals surface area contributed by atoms with Gasteiger partial charge in [-0.3, -0.25) is 14.8 Å². The van der Waals surface area contributed by atoms with Gasteiger partial charge < -0.3 is 29.6 Å². The average molecular weight is 527 g/mol. The van der Waals surface area contributed by atoms with Gasteiger partial charge >= 0.3 is 0 Å². The van der Waals surface area contributed by atoms with Crippen molar-refractivity contribution in [3.05, 3.63) is 71.4 Å². The lowest BCUT2D eigenvalue weighted by atomic mass is 10.1. The first-order valence-corrected chi connectivity index (χ1v) is 11.5. The number of hydrogen-bond acceptors (Lipinski definition) is 8. The second kappa shape index (κ2) is 11.7. The molecule has 0 atom stereocenters. The van der Waals surface area contributed by atoms with Gasteiger partial charge in [0.25, 0.3) is 5.91 Å². The molecule has 37 heavy (non-hydrogen) atoms. The number of carbonyl (C=O) groups is 1. The van der Waals surface area contributed by atoms with Gasteiger partial charge in [0.2, 0.25) is 0 Å². The van der Waals surface area contributed by atoms with E-state index >= 15 is 4.39 Å². The third-order valence-corrected chi connectivity index (χ3v) is 5.59. The molecule has 192 valence electrons. The van der Waals surface area contributed by atoms with Crippen LogP contribution in [0, 0.1) is 5.82 Å². The minimum absolute atomic E-state index is 0.0441. The molecule has 2 aromatic carbocycles. The molecular weight excluding hydrogens is 503 g/mol. The topological polar surface area (TPSA) is 104 Å². The van der Waals surface area contributed by atoms with Gasteiger partial charge in [-0.1, -0.05) is 11.6 Å². The zero-order valence-electron chi connectivity index (χ0n) is 20.3. The number of fused-ring (bicyclic) bond motifs is 1. The van der Waals surface area contributed by atoms with Crippen LogP contribution in [0.15, 0.2) is 55.0 Å². The van der Waals surface area contributed by atoms with Gasteiger partial charge in [0.15, 0.2) is 23.1 Å². The predicted octanol–water partition coefficient (Wildman–Crippen LogP) is 5.08. The molecule has 0 aliphatic heterocycles. The maximum absolute atomic E-state index is 15.1. The van der Waals surface area contributed by atoms with E-state index in [0.29, 0.717) is 47.1 Å². The lowest BCUT2D eigenvalue weighted by Gasteiger charge is -2.15. The van der Waals surface area contributed by atoms with E-state index in [-0.39, 0.29) is 22.0 Å². The Bertz CT molecular complexity index is 1410. The summed E-state index contributed by atoms with van der Waals surface area (Å²) >= 11 is 6.36. The molecule has 2 aromatic heterocycles. The molecule has 0 unspecified atom stereocenters. The Hall–Kier alpha value is -4.15. The van der Waals surface area contributed by atoms with E-state index in [0.717, 1.165) is 6.07 Å². The average Bonchev–Trinajstić information content (AvgIpc) is 2.90. The van der Waals surface area contributed by atoms with Crippen LogP contribution in [0.25, 0.3) is 10.9 Å². The molecule has 2 N–H and O–H groups in total. The van der Waals surface area contributed by atoms with Crippen LogP contribution in [0.3, 0.4) is 0 Å². The third kappa shape index (κ3) is 5.82. The Balaban J connectivity index is 1.61. The number of halogens is 2. The number of pyridine rings is 2. The van der Waals surface area contributed by atoms with Gasteiger partial charge in [-0.2, -0.15) is 0 Å². The van der Waals surface area contributed by atoms with Crippen LogP contribution in [0.4, 0.5) is 10.1 Å². The highest BCUT2D eigenvalue weighted by Crippen LogP contribution is 2.40. The lowest BCUT2D eigenvalue weighted by molar-refractivity contribution is 0.102. The van der Waals surface area contributed by atoms with E-state index in [4.69, 9.17) is 30.5 Å². The maximum Gasteiger partial charge on any atom is 0.261 e. The molecule has 0 spiro atoms. The van der Waals surface area contributed by atoms with Gasteiger partial charge in [-0.15, -0.1) is 0 Å². The summed E-state index contributed by atoms with van der Waals surface area (Å²) in [5, 5.41) is 6.12. The fourth-order valence-electron chi connectivity index (χ4n) is 3.52. The van der Waals surface area contributed by atoms with Crippen molar-refractivity contribution >= 4 is 34.1 Å². The first kappa shape index (κ1) is 25.9. The van der Waals surface area contributed by atoms with Crippen molar-refractivity contribution in [2.24, 2.45) is 0 Å². The highest BCUT2D eigenvalue weighted by Gasteiger charge is 2.18. The summed E-state index contributed by atoms with van der Waals surface area (Å²) in [4.78, 5) is 20.9. The molecule has 0 aliphatic carbocycles. The van der Waals surface area contributed by atoms with E-state index in [1.807, 2.05) is 7.05 Å². The zero-order chi connectivity index (χ0) is 26.4. The molecule has 4 aromatic rings. The smallest absolute Gasteiger partial charge is 0.261 e. The van der Waals surface area contributed by atoms with Gasteiger partial charge in [0.05, 0.1) is 30.3 Å². The molecule has 0 fully saturated rings. The molecule has 0 radical (unpaired) electrons. The molecule has 11 heteroatoms. The van der Waals surface area contributed by atoms with Gasteiger partial charge in [0.1, 0.15) is 18.1 Å². The summed E-state index contributed by atoms with van der Waals surface area (Å²) in [7, 11) is 4.79. The highest BCUT2D eigenvalue weighted by atomic mass is 35.5. The number of carbonyl (C=O) groups excluding carboxylic acids is 1. The number of benzene rings is 2. The van der Waals surface area contributed by atoms with Crippen LogP contribution < -0.4 is 29.6 Å². The Morgan fingerprint density at radius 2 is 1.81 bits per heavy atom. The summed E-state index contributed by atoms with van der Waals surface area (Å²) in [6, 6.07) is 9.06. The van der Waals surface area contributed by atoms with Crippen molar-refractivity contribution in [3.8, 4) is 28.7 Å². The molecule has 2 heterocycles. The summed E-state index contributed by atoms with van der Waals surface area (Å²) in [6.45, 7) is 1.09. The Morgan fingerprint density at radius 1 is 1.03 bits per heavy atom. The standard InChI is InChI=1S/C26H24ClFN4O5/c1-29-8-9-36-24-13-20-16(12-23(24)35-3)22(5-7-31-20)37-25-18(27)10-15(11-19(25)28)32-26(33)17-14-30-6-4-21(17)34-2/h4-7,10-14,29H,8-9H2,1-3H3,(H,32,33). The number of aromatic nitrogens is 2. The van der Waals surface area contributed by atoms with Crippen molar-refractivity contribution in [1.29, 1.82) is 0 Å². The normalized spacial score (nSPS) is 10.7. The molecular formula is C26H24ClFN4O5. The van der Waals surface area contributed by atoms with E-state index in [2.05, 4.69) is 20.6 Å². The summed E-state index contributed by atoms with van der Waals surface area (Å²) in [5.41, 5.74) is 0.882. The van der Waals surface area contributed by atoms with Crippen molar-refractivity contribution in [2.45, 2.75) is 0 Å². The van der Waals surface area contributed by atoms with Gasteiger partial charge in [-0.25, -0.2) is 4.39 Å². The van der Waals surface area contributed by atoms with E-state index < -0.39 is 11.7 Å². The van der Waals surface area contributed by atoms with Crippen molar-refractivity contribution in [2.75, 3.05) is 39.7 Å². The number of ether oxygens (including phenoxy) is 4. The van der Waals surface area contributed by atoms with Crippen LogP contribution in [0.2, 0.25) is 5.02 Å². The van der Waals surface area contributed by atoms with Crippen molar-refractivity contribution in [1.82, 2.24) is 15.3 Å². The summed E-state index contributed by atoms with van der Waals surface area (Å²) in [5.74, 6) is 0.108. The number of likely N-dealkylation sites (N-methyl/N-ethyl adjacent to an activating group) is 1. The zero-order valence-corrected chi connectivity index (χ0v) is 21.1. The molecule has 0 saturated heterocycles. The number of nitrogens with one attached hydrogen (secondary N) is 2. The number of nitrogens with zero attached hydrogens (tertiary/aromatic N) is 2. The molecule has 9 nitrogen and oxygen atoms in total. The van der Waals surface area contributed by atoms with E-state index in [9.17, 15) is 4.79 Å². The van der Waals surface area contributed by atoms with Crippen LogP contribution in [-0.4, -0.2) is 50.3 Å². The van der Waals surface area contributed by atoms with Crippen LogP contribution in [0.5, 0.6) is 28.7 Å². The number of amides is 1. The summed E-state index contributed by atoms with van der Waals surface area (Å²) < 4.78 is 37.4. The van der Waals surface area contributed by atoms with Gasteiger partial charge in [0, 0.05) is 48.3 Å². The van der Waals surface area contributed by atoms with Crippen molar-refractivity contribution in [3.63, 3.8) is 0 Å². The second-order valence-corrected chi connectivity index (χ2v) is 8.09. The van der Waals surface area contributed by atoms with Crippen LogP contribution >= 0.6 is 11.6 Å². The van der Waals surface area contributed by atoms with E-state index in [1.165, 1.54) is 38.9 Å². The number of anilines is 1. The fourth-order valence-corrected chi connectivity index (χ4v) is 3.77. The van der Waals surface area contributed by atoms with Crippen LogP contribution in [-0.2, 0) is 0 Å². The molecule has 0 aliphatic rings. The highest BCUT2D eigenvalue weighted by molar-refractivity contribution is 6.32. The number of hydrogen-bond donors (Lipinski definition) is 2.